The number of alkyl halides is 1. The van der Waals surface area contributed by atoms with Gasteiger partial charge < -0.3 is 4.74 Å². The largest absolute Gasteiger partial charge is 0.469 e. The van der Waals surface area contributed by atoms with Crippen LogP contribution < -0.4 is 0 Å². The summed E-state index contributed by atoms with van der Waals surface area (Å²) in [7, 11) is 1.44. The van der Waals surface area contributed by atoms with Crippen molar-refractivity contribution in [1.82, 2.24) is 0 Å². The molecule has 84 valence electrons. The van der Waals surface area contributed by atoms with Crippen LogP contribution in [-0.2, 0) is 9.53 Å². The highest BCUT2D eigenvalue weighted by molar-refractivity contribution is 9.09. The number of halogens is 1. The number of carbonyl (C=O) groups is 1. The molecule has 0 N–H and O–H groups in total. The molecule has 0 aliphatic heterocycles. The molecule has 2 nitrogen and oxygen atoms in total. The highest BCUT2D eigenvalue weighted by Gasteiger charge is 2.24. The summed E-state index contributed by atoms with van der Waals surface area (Å²) in [5, 5.41) is 0.996. The van der Waals surface area contributed by atoms with Crippen LogP contribution in [0.4, 0.5) is 0 Å². The van der Waals surface area contributed by atoms with Gasteiger partial charge in [-0.15, -0.1) is 0 Å². The molecule has 1 unspecified atom stereocenters. The van der Waals surface area contributed by atoms with Crippen LogP contribution in [0.5, 0.6) is 0 Å². The Bertz CT molecular complexity index is 173. The Morgan fingerprint density at radius 3 is 2.29 bits per heavy atom. The molecule has 3 heteroatoms. The first-order valence-corrected chi connectivity index (χ1v) is 6.16. The molecule has 0 fully saturated rings. The second-order valence-electron chi connectivity index (χ2n) is 4.66. The van der Waals surface area contributed by atoms with E-state index in [-0.39, 0.29) is 11.4 Å². The third kappa shape index (κ3) is 5.63. The molecule has 1 atom stereocenters. The Morgan fingerprint density at radius 1 is 1.36 bits per heavy atom. The average Bonchev–Trinajstić information content (AvgIpc) is 2.09. The van der Waals surface area contributed by atoms with Crippen molar-refractivity contribution < 1.29 is 9.53 Å². The highest BCUT2D eigenvalue weighted by atomic mass is 79.9. The molecular formula is C11H21BrO2. The molecule has 0 bridgehead atoms. The lowest BCUT2D eigenvalue weighted by Gasteiger charge is -2.30. The summed E-state index contributed by atoms with van der Waals surface area (Å²) < 4.78 is 4.64. The molecule has 0 radical (unpaired) electrons. The molecule has 0 aromatic carbocycles. The number of carbonyl (C=O) groups excluding carboxylic acids is 1. The first-order chi connectivity index (χ1) is 6.41. The van der Waals surface area contributed by atoms with Crippen LogP contribution in [-0.4, -0.2) is 18.4 Å². The van der Waals surface area contributed by atoms with Crippen LogP contribution in [0.3, 0.4) is 0 Å². The van der Waals surface area contributed by atoms with Crippen LogP contribution in [0.2, 0.25) is 0 Å². The molecule has 0 aliphatic rings. The van der Waals surface area contributed by atoms with E-state index in [1.807, 2.05) is 0 Å². The maximum Gasteiger partial charge on any atom is 0.305 e. The quantitative estimate of drug-likeness (QED) is 0.562. The molecule has 0 aliphatic carbocycles. The zero-order valence-electron chi connectivity index (χ0n) is 9.60. The van der Waals surface area contributed by atoms with Gasteiger partial charge in [-0.1, -0.05) is 36.7 Å². The molecule has 0 heterocycles. The van der Waals surface area contributed by atoms with E-state index in [9.17, 15) is 4.79 Å². The number of methoxy groups -OCH3 is 1. The van der Waals surface area contributed by atoms with E-state index in [0.29, 0.717) is 12.3 Å². The standard InChI is InChI=1S/C11H21BrO2/c1-11(2,3)9(7-8-12)5-6-10(13)14-4/h9H,5-8H2,1-4H3. The molecular weight excluding hydrogens is 244 g/mol. The Morgan fingerprint density at radius 2 is 1.93 bits per heavy atom. The number of hydrogen-bond donors (Lipinski definition) is 0. The smallest absolute Gasteiger partial charge is 0.305 e. The van der Waals surface area contributed by atoms with E-state index >= 15 is 0 Å². The second kappa shape index (κ2) is 6.44. The van der Waals surface area contributed by atoms with Crippen LogP contribution in [0.25, 0.3) is 0 Å². The maximum absolute atomic E-state index is 11.0. The molecule has 0 aromatic heterocycles. The van der Waals surface area contributed by atoms with Gasteiger partial charge in [-0.25, -0.2) is 0 Å². The number of esters is 1. The number of rotatable bonds is 5. The van der Waals surface area contributed by atoms with Crippen molar-refractivity contribution in [1.29, 1.82) is 0 Å². The molecule has 0 saturated heterocycles. The zero-order chi connectivity index (χ0) is 11.2. The third-order valence-electron chi connectivity index (χ3n) is 2.61. The lowest BCUT2D eigenvalue weighted by molar-refractivity contribution is -0.141. The molecule has 0 saturated carbocycles. The average molecular weight is 265 g/mol. The van der Waals surface area contributed by atoms with Crippen molar-refractivity contribution in [3.8, 4) is 0 Å². The summed E-state index contributed by atoms with van der Waals surface area (Å²) >= 11 is 3.45. The van der Waals surface area contributed by atoms with E-state index in [1.54, 1.807) is 0 Å². The van der Waals surface area contributed by atoms with E-state index < -0.39 is 0 Å². The van der Waals surface area contributed by atoms with Gasteiger partial charge in [-0.05, 0) is 24.2 Å². The minimum absolute atomic E-state index is 0.103. The molecule has 0 rings (SSSR count). The van der Waals surface area contributed by atoms with Crippen LogP contribution in [0.15, 0.2) is 0 Å². The highest BCUT2D eigenvalue weighted by Crippen LogP contribution is 2.32. The van der Waals surface area contributed by atoms with Crippen LogP contribution in [0, 0.1) is 11.3 Å². The predicted octanol–water partition coefficient (Wildman–Crippen LogP) is 3.39. The van der Waals surface area contributed by atoms with Crippen molar-refractivity contribution in [3.05, 3.63) is 0 Å². The summed E-state index contributed by atoms with van der Waals surface area (Å²) in [6, 6.07) is 0. The lowest BCUT2D eigenvalue weighted by atomic mass is 9.76. The summed E-state index contributed by atoms with van der Waals surface area (Å²) in [5.41, 5.74) is 0.266. The van der Waals surface area contributed by atoms with Crippen LogP contribution >= 0.6 is 15.9 Å². The van der Waals surface area contributed by atoms with Crippen molar-refractivity contribution in [2.45, 2.75) is 40.0 Å². The van der Waals surface area contributed by atoms with Gasteiger partial charge in [0.1, 0.15) is 0 Å². The van der Waals surface area contributed by atoms with Gasteiger partial charge >= 0.3 is 5.97 Å². The van der Waals surface area contributed by atoms with E-state index in [1.165, 1.54) is 7.11 Å². The Balaban J connectivity index is 4.04. The zero-order valence-corrected chi connectivity index (χ0v) is 11.2. The summed E-state index contributed by atoms with van der Waals surface area (Å²) in [5.74, 6) is 0.467. The molecule has 0 spiro atoms. The summed E-state index contributed by atoms with van der Waals surface area (Å²) in [4.78, 5) is 11.0. The summed E-state index contributed by atoms with van der Waals surface area (Å²) in [6.07, 6.45) is 2.56. The monoisotopic (exact) mass is 264 g/mol. The van der Waals surface area contributed by atoms with Gasteiger partial charge in [0.25, 0.3) is 0 Å². The molecule has 14 heavy (non-hydrogen) atoms. The van der Waals surface area contributed by atoms with Crippen molar-refractivity contribution in [2.24, 2.45) is 11.3 Å². The minimum Gasteiger partial charge on any atom is -0.469 e. The predicted molar refractivity (Wildman–Crippen MR) is 62.6 cm³/mol. The van der Waals surface area contributed by atoms with Gasteiger partial charge in [0.05, 0.1) is 7.11 Å². The maximum atomic E-state index is 11.0. The fourth-order valence-corrected chi connectivity index (χ4v) is 2.09. The third-order valence-corrected chi connectivity index (χ3v) is 3.06. The Hall–Kier alpha value is -0.0500. The number of ether oxygens (including phenoxy) is 1. The Labute approximate surface area is 95.5 Å². The fraction of sp³-hybridized carbons (Fsp3) is 0.909. The SMILES string of the molecule is COC(=O)CCC(CCBr)C(C)(C)C. The first kappa shape index (κ1) is 13.9. The first-order valence-electron chi connectivity index (χ1n) is 5.04. The second-order valence-corrected chi connectivity index (χ2v) is 5.45. The van der Waals surface area contributed by atoms with Crippen LogP contribution in [0.1, 0.15) is 40.0 Å². The van der Waals surface area contributed by atoms with Gasteiger partial charge in [0.2, 0.25) is 0 Å². The van der Waals surface area contributed by atoms with Gasteiger partial charge in [0.15, 0.2) is 0 Å². The van der Waals surface area contributed by atoms with E-state index in [0.717, 1.165) is 18.2 Å². The van der Waals surface area contributed by atoms with Gasteiger partial charge in [-0.2, -0.15) is 0 Å². The molecule has 0 aromatic rings. The van der Waals surface area contributed by atoms with Crippen molar-refractivity contribution >= 4 is 21.9 Å². The topological polar surface area (TPSA) is 26.3 Å². The minimum atomic E-state index is -0.103. The molecule has 0 amide bonds. The fourth-order valence-electron chi connectivity index (χ4n) is 1.54. The lowest BCUT2D eigenvalue weighted by Crippen LogP contribution is -2.22. The number of hydrogen-bond acceptors (Lipinski definition) is 2. The van der Waals surface area contributed by atoms with E-state index in [4.69, 9.17) is 0 Å². The van der Waals surface area contributed by atoms with Crippen molar-refractivity contribution in [2.75, 3.05) is 12.4 Å². The van der Waals surface area contributed by atoms with Crippen molar-refractivity contribution in [3.63, 3.8) is 0 Å². The van der Waals surface area contributed by atoms with Gasteiger partial charge in [-0.3, -0.25) is 4.79 Å². The Kier molecular flexibility index (Phi) is 6.41. The van der Waals surface area contributed by atoms with Gasteiger partial charge in [0, 0.05) is 11.8 Å². The summed E-state index contributed by atoms with van der Waals surface area (Å²) in [6.45, 7) is 6.66. The van der Waals surface area contributed by atoms with E-state index in [2.05, 4.69) is 41.4 Å². The normalized spacial score (nSPS) is 13.8.